The topological polar surface area (TPSA) is 47.3 Å². The lowest BCUT2D eigenvalue weighted by atomic mass is 10.2. The third kappa shape index (κ3) is 4.22. The van der Waals surface area contributed by atoms with Gasteiger partial charge in [-0.15, -0.1) is 0 Å². The molecule has 0 bridgehead atoms. The molecule has 0 aliphatic heterocycles. The summed E-state index contributed by atoms with van der Waals surface area (Å²) in [6, 6.07) is 6.05. The molecule has 0 saturated heterocycles. The Morgan fingerprint density at radius 3 is 2.74 bits per heavy atom. The number of hydrogen-bond acceptors (Lipinski definition) is 3. The molecule has 0 radical (unpaired) electrons. The lowest BCUT2D eigenvalue weighted by Crippen LogP contribution is -2.23. The highest BCUT2D eigenvalue weighted by Gasteiger charge is 2.05. The van der Waals surface area contributed by atoms with Crippen LogP contribution in [0.4, 0.5) is 8.78 Å². The van der Waals surface area contributed by atoms with Gasteiger partial charge in [0.25, 0.3) is 0 Å². The van der Waals surface area contributed by atoms with Crippen molar-refractivity contribution in [3.63, 3.8) is 0 Å². The lowest BCUT2D eigenvalue weighted by Gasteiger charge is -2.09. The fraction of sp³-hybridized carbons (Fsp3) is 0.143. The molecule has 0 aromatic heterocycles. The number of nitrogens with one attached hydrogen (secondary N) is 1. The maximum Gasteiger partial charge on any atom is 0.165 e. The zero-order valence-corrected chi connectivity index (χ0v) is 10.6. The van der Waals surface area contributed by atoms with Crippen LogP contribution in [0.25, 0.3) is 0 Å². The highest BCUT2D eigenvalue weighted by Crippen LogP contribution is 2.16. The Bertz CT molecular complexity index is 510. The Labute approximate surface area is 111 Å². The molecule has 0 unspecified atom stereocenters. The molecule has 3 N–H and O–H groups in total. The van der Waals surface area contributed by atoms with Gasteiger partial charge in [0.15, 0.2) is 11.6 Å². The van der Waals surface area contributed by atoms with Crippen molar-refractivity contribution in [3.05, 3.63) is 65.9 Å². The van der Waals surface area contributed by atoms with Gasteiger partial charge in [0.2, 0.25) is 0 Å². The van der Waals surface area contributed by atoms with E-state index in [0.29, 0.717) is 5.57 Å². The molecule has 0 amide bonds. The number of hydrogen-bond donors (Lipinski definition) is 2. The number of nitrogens with two attached hydrogens (primary N) is 1. The van der Waals surface area contributed by atoms with Gasteiger partial charge < -0.3 is 10.2 Å². The van der Waals surface area contributed by atoms with Crippen molar-refractivity contribution in [1.82, 2.24) is 5.43 Å². The number of allylic oxidation sites excluding steroid dienone is 3. The molecule has 5 heteroatoms. The number of halogens is 2. The zero-order valence-electron chi connectivity index (χ0n) is 10.6. The molecule has 0 aliphatic carbocycles. The second-order valence-electron chi connectivity index (χ2n) is 3.70. The standard InChI is InChI=1S/C14H16F2N2O/c1-3-11(15)14(18-17)10(2)8-9-19-13-7-5-4-6-12(13)16/h3-8,18H,1,9,17H2,2H3/b10-8-,14-11-. The number of ether oxygens (including phenoxy) is 1. The van der Waals surface area contributed by atoms with Crippen molar-refractivity contribution in [2.24, 2.45) is 5.84 Å². The molecule has 0 atom stereocenters. The fourth-order valence-electron chi connectivity index (χ4n) is 1.39. The average molecular weight is 266 g/mol. The second-order valence-corrected chi connectivity index (χ2v) is 3.70. The highest BCUT2D eigenvalue weighted by molar-refractivity contribution is 5.33. The minimum absolute atomic E-state index is 0.0996. The molecule has 1 aromatic rings. The maximum atomic E-state index is 13.3. The van der Waals surface area contributed by atoms with Crippen molar-refractivity contribution >= 4 is 0 Å². The molecule has 0 saturated carbocycles. The molecule has 1 aromatic carbocycles. The molecule has 0 heterocycles. The minimum atomic E-state index is -0.567. The molecular formula is C14H16F2N2O. The summed E-state index contributed by atoms with van der Waals surface area (Å²) in [6.45, 7) is 5.07. The molecule has 102 valence electrons. The Morgan fingerprint density at radius 2 is 2.16 bits per heavy atom. The van der Waals surface area contributed by atoms with Crippen LogP contribution in [0.5, 0.6) is 5.75 Å². The smallest absolute Gasteiger partial charge is 0.165 e. The third-order valence-corrected chi connectivity index (χ3v) is 2.42. The van der Waals surface area contributed by atoms with E-state index in [1.807, 2.05) is 0 Å². The van der Waals surface area contributed by atoms with Gasteiger partial charge >= 0.3 is 0 Å². The summed E-state index contributed by atoms with van der Waals surface area (Å²) in [5.74, 6) is 4.35. The van der Waals surface area contributed by atoms with Crippen molar-refractivity contribution in [2.75, 3.05) is 6.61 Å². The first-order chi connectivity index (χ1) is 9.10. The van der Waals surface area contributed by atoms with Crippen molar-refractivity contribution in [3.8, 4) is 5.75 Å². The normalized spacial score (nSPS) is 12.7. The van der Waals surface area contributed by atoms with Crippen molar-refractivity contribution < 1.29 is 13.5 Å². The SMILES string of the molecule is C=C/C(F)=C(NN)\C(C)=C/COc1ccccc1F. The monoisotopic (exact) mass is 266 g/mol. The van der Waals surface area contributed by atoms with Crippen molar-refractivity contribution in [2.45, 2.75) is 6.92 Å². The summed E-state index contributed by atoms with van der Waals surface area (Å²) in [7, 11) is 0. The van der Waals surface area contributed by atoms with E-state index < -0.39 is 11.6 Å². The molecule has 3 nitrogen and oxygen atoms in total. The van der Waals surface area contributed by atoms with E-state index in [1.54, 1.807) is 25.1 Å². The average Bonchev–Trinajstić information content (AvgIpc) is 2.41. The van der Waals surface area contributed by atoms with Crippen LogP contribution >= 0.6 is 0 Å². The second kappa shape index (κ2) is 7.33. The summed E-state index contributed by atoms with van der Waals surface area (Å²) >= 11 is 0. The van der Waals surface area contributed by atoms with Gasteiger partial charge in [0, 0.05) is 0 Å². The van der Waals surface area contributed by atoms with Crippen LogP contribution in [0.3, 0.4) is 0 Å². The minimum Gasteiger partial charge on any atom is -0.486 e. The van der Waals surface area contributed by atoms with Gasteiger partial charge in [-0.1, -0.05) is 18.7 Å². The van der Waals surface area contributed by atoms with E-state index in [2.05, 4.69) is 12.0 Å². The van der Waals surface area contributed by atoms with E-state index in [9.17, 15) is 8.78 Å². The number of hydrazine groups is 1. The third-order valence-electron chi connectivity index (χ3n) is 2.42. The molecule has 1 rings (SSSR count). The van der Waals surface area contributed by atoms with Crippen LogP contribution in [0.15, 0.2) is 60.1 Å². The Balaban J connectivity index is 2.72. The first-order valence-corrected chi connectivity index (χ1v) is 5.63. The van der Waals surface area contributed by atoms with Crippen LogP contribution in [0.2, 0.25) is 0 Å². The zero-order chi connectivity index (χ0) is 14.3. The number of rotatable bonds is 6. The predicted molar refractivity (Wildman–Crippen MR) is 71.3 cm³/mol. The van der Waals surface area contributed by atoms with Gasteiger partial charge in [-0.3, -0.25) is 5.84 Å². The molecule has 0 fully saturated rings. The van der Waals surface area contributed by atoms with Crippen LogP contribution in [0.1, 0.15) is 6.92 Å². The summed E-state index contributed by atoms with van der Waals surface area (Å²) in [5.41, 5.74) is 2.90. The van der Waals surface area contributed by atoms with E-state index in [-0.39, 0.29) is 18.1 Å². The van der Waals surface area contributed by atoms with Crippen LogP contribution in [-0.4, -0.2) is 6.61 Å². The Hall–Kier alpha value is -2.14. The molecule has 0 spiro atoms. The summed E-state index contributed by atoms with van der Waals surface area (Å²) < 4.78 is 31.8. The largest absolute Gasteiger partial charge is 0.486 e. The van der Waals surface area contributed by atoms with Crippen LogP contribution in [-0.2, 0) is 0 Å². The van der Waals surface area contributed by atoms with Crippen LogP contribution < -0.4 is 16.0 Å². The van der Waals surface area contributed by atoms with E-state index >= 15 is 0 Å². The molecule has 0 aliphatic rings. The van der Waals surface area contributed by atoms with Gasteiger partial charge in [-0.25, -0.2) is 8.78 Å². The molecular weight excluding hydrogens is 250 g/mol. The quantitative estimate of drug-likeness (QED) is 0.473. The number of benzene rings is 1. The Kier molecular flexibility index (Phi) is 5.75. The fourth-order valence-corrected chi connectivity index (χ4v) is 1.39. The summed E-state index contributed by atoms with van der Waals surface area (Å²) in [4.78, 5) is 0. The van der Waals surface area contributed by atoms with E-state index in [1.165, 1.54) is 12.1 Å². The maximum absolute atomic E-state index is 13.3. The first kappa shape index (κ1) is 14.9. The van der Waals surface area contributed by atoms with E-state index in [4.69, 9.17) is 10.6 Å². The summed E-state index contributed by atoms with van der Waals surface area (Å²) in [6.07, 6.45) is 2.63. The first-order valence-electron chi connectivity index (χ1n) is 5.63. The Morgan fingerprint density at radius 1 is 1.47 bits per heavy atom. The molecule has 19 heavy (non-hydrogen) atoms. The van der Waals surface area contributed by atoms with Gasteiger partial charge in [0.05, 0.1) is 5.70 Å². The van der Waals surface area contributed by atoms with Crippen LogP contribution in [0, 0.1) is 5.82 Å². The predicted octanol–water partition coefficient (Wildman–Crippen LogP) is 2.98. The van der Waals surface area contributed by atoms with Gasteiger partial charge in [-0.05, 0) is 36.8 Å². The van der Waals surface area contributed by atoms with E-state index in [0.717, 1.165) is 6.08 Å². The van der Waals surface area contributed by atoms with Gasteiger partial charge in [0.1, 0.15) is 12.4 Å². The van der Waals surface area contributed by atoms with Gasteiger partial charge in [-0.2, -0.15) is 0 Å². The lowest BCUT2D eigenvalue weighted by molar-refractivity contribution is 0.341. The summed E-state index contributed by atoms with van der Waals surface area (Å²) in [5, 5.41) is 0. The highest BCUT2D eigenvalue weighted by atomic mass is 19.1. The number of para-hydroxylation sites is 1. The van der Waals surface area contributed by atoms with Crippen molar-refractivity contribution in [1.29, 1.82) is 0 Å².